The maximum Gasteiger partial charge on any atom is 0.551 e. The first-order chi connectivity index (χ1) is 17.2. The van der Waals surface area contributed by atoms with Gasteiger partial charge in [-0.25, -0.2) is 0 Å². The van der Waals surface area contributed by atoms with Gasteiger partial charge < -0.3 is 29.7 Å². The van der Waals surface area contributed by atoms with E-state index in [1.807, 2.05) is 13.8 Å². The van der Waals surface area contributed by atoms with Crippen LogP contribution in [0.1, 0.15) is 37.0 Å². The molecule has 0 saturated heterocycles. The molecule has 11 nitrogen and oxygen atoms in total. The number of hydrogen-bond acceptors (Lipinski definition) is 7. The maximum atomic E-state index is 12.7. The predicted octanol–water partition coefficient (Wildman–Crippen LogP) is 1.41. The second kappa shape index (κ2) is 15.4. The first-order valence-electron chi connectivity index (χ1n) is 11.4. The molecular weight excluding hydrogens is 526 g/mol. The minimum atomic E-state index is -1.37. The highest BCUT2D eigenvalue weighted by Crippen LogP contribution is 2.20. The van der Waals surface area contributed by atoms with Crippen LogP contribution in [-0.2, 0) is 28.5 Å². The van der Waals surface area contributed by atoms with E-state index in [9.17, 15) is 24.0 Å². The zero-order valence-electron chi connectivity index (χ0n) is 21.8. The number of nitrogens with zero attached hydrogens (tertiary/aromatic N) is 2. The average Bonchev–Trinajstić information content (AvgIpc) is 2.80. The molecule has 0 aliphatic rings. The molecule has 0 unspecified atom stereocenters. The third-order valence-electron chi connectivity index (χ3n) is 4.89. The Balaban J connectivity index is 2.98. The molecule has 1 atom stereocenters. The second-order valence-corrected chi connectivity index (χ2v) is 9.88. The van der Waals surface area contributed by atoms with Gasteiger partial charge in [0.15, 0.2) is 0 Å². The lowest BCUT2D eigenvalue weighted by atomic mass is 9.73. The van der Waals surface area contributed by atoms with E-state index in [4.69, 9.17) is 32.5 Å². The molecule has 0 aliphatic heterocycles. The number of benzene rings is 1. The first kappa shape index (κ1) is 32.2. The minimum absolute atomic E-state index is 0.0166. The maximum absolute atomic E-state index is 12.7. The summed E-state index contributed by atoms with van der Waals surface area (Å²) in [5.41, 5.74) is 0.101. The number of likely N-dealkylation sites (N-methyl/N-ethyl adjacent to an activating group) is 1. The number of halogens is 2. The van der Waals surface area contributed by atoms with Crippen LogP contribution in [0.3, 0.4) is 0 Å². The van der Waals surface area contributed by atoms with Gasteiger partial charge in [0.25, 0.3) is 11.9 Å². The van der Waals surface area contributed by atoms with Gasteiger partial charge in [0.2, 0.25) is 17.7 Å². The van der Waals surface area contributed by atoms with Crippen molar-refractivity contribution in [2.45, 2.75) is 32.6 Å². The molecule has 0 aromatic heterocycles. The summed E-state index contributed by atoms with van der Waals surface area (Å²) in [4.78, 5) is 64.1. The summed E-state index contributed by atoms with van der Waals surface area (Å²) in [5.74, 6) is -3.85. The predicted molar refractivity (Wildman–Crippen MR) is 140 cm³/mol. The van der Waals surface area contributed by atoms with E-state index in [1.165, 1.54) is 56.2 Å². The van der Waals surface area contributed by atoms with Gasteiger partial charge in [0.1, 0.15) is 13.0 Å². The van der Waals surface area contributed by atoms with Crippen molar-refractivity contribution < 1.29 is 33.3 Å². The fourth-order valence-corrected chi connectivity index (χ4v) is 3.27. The number of carbonyl (C=O) groups is 5. The monoisotopic (exact) mass is 558 g/mol. The normalized spacial score (nSPS) is 11.4. The topological polar surface area (TPSA) is 134 Å². The highest BCUT2D eigenvalue weighted by atomic mass is 35.5. The average molecular weight is 559 g/mol. The Morgan fingerprint density at radius 3 is 2.19 bits per heavy atom. The molecule has 1 aromatic carbocycles. The zero-order valence-corrected chi connectivity index (χ0v) is 23.3. The molecule has 0 saturated carbocycles. The fourth-order valence-electron chi connectivity index (χ4n) is 2.90. The molecule has 37 heavy (non-hydrogen) atoms. The van der Waals surface area contributed by atoms with E-state index in [2.05, 4.69) is 10.6 Å². The van der Waals surface area contributed by atoms with Gasteiger partial charge in [-0.3, -0.25) is 24.0 Å². The molecule has 1 rings (SSSR count). The van der Waals surface area contributed by atoms with Crippen molar-refractivity contribution in [3.8, 4) is 0 Å². The van der Waals surface area contributed by atoms with Crippen molar-refractivity contribution >= 4 is 59.9 Å². The summed E-state index contributed by atoms with van der Waals surface area (Å²) >= 11 is 11.9. The van der Waals surface area contributed by atoms with Gasteiger partial charge in [-0.05, 0) is 30.5 Å². The minimum Gasteiger partial charge on any atom is -0.508 e. The van der Waals surface area contributed by atoms with E-state index < -0.39 is 62.2 Å². The van der Waals surface area contributed by atoms with Gasteiger partial charge in [-0.1, -0.05) is 37.0 Å². The van der Waals surface area contributed by atoms with Crippen LogP contribution in [0.2, 0.25) is 10.0 Å². The number of hydrogen-bond donors (Lipinski definition) is 2. The molecule has 0 fully saturated rings. The Morgan fingerprint density at radius 2 is 1.62 bits per heavy atom. The fraction of sp³-hybridized carbons (Fsp3) is 0.522. The molecule has 0 bridgehead atoms. The second-order valence-electron chi connectivity index (χ2n) is 9.03. The van der Waals surface area contributed by atoms with Crippen LogP contribution in [0.15, 0.2) is 18.2 Å². The van der Waals surface area contributed by atoms with Crippen LogP contribution in [0.5, 0.6) is 0 Å². The molecule has 0 heterocycles. The van der Waals surface area contributed by atoms with Crippen LogP contribution in [-0.4, -0.2) is 93.8 Å². The molecule has 0 spiro atoms. The highest BCUT2D eigenvalue weighted by Gasteiger charge is 2.37. The third kappa shape index (κ3) is 11.8. The Hall–Kier alpha value is -2.83. The molecule has 2 N–H and O–H groups in total. The number of amides is 4. The summed E-state index contributed by atoms with van der Waals surface area (Å²) in [7, 11) is 4.68. The largest absolute Gasteiger partial charge is 0.551 e. The van der Waals surface area contributed by atoms with E-state index >= 15 is 0 Å². The van der Waals surface area contributed by atoms with Crippen molar-refractivity contribution in [1.29, 1.82) is 0 Å². The van der Waals surface area contributed by atoms with Gasteiger partial charge in [0, 0.05) is 33.2 Å². The highest BCUT2D eigenvalue weighted by molar-refractivity contribution is 6.49. The van der Waals surface area contributed by atoms with Crippen molar-refractivity contribution in [2.75, 3.05) is 41.3 Å². The van der Waals surface area contributed by atoms with E-state index in [1.54, 1.807) is 0 Å². The van der Waals surface area contributed by atoms with E-state index in [-0.39, 0.29) is 16.5 Å². The molecule has 0 aliphatic carbocycles. The van der Waals surface area contributed by atoms with Crippen LogP contribution in [0.25, 0.3) is 0 Å². The lowest BCUT2D eigenvalue weighted by Gasteiger charge is -2.26. The van der Waals surface area contributed by atoms with Crippen molar-refractivity contribution in [3.63, 3.8) is 0 Å². The Morgan fingerprint density at radius 1 is 1.00 bits per heavy atom. The molecule has 0 radical (unpaired) electrons. The van der Waals surface area contributed by atoms with Crippen molar-refractivity contribution in [1.82, 2.24) is 20.4 Å². The van der Waals surface area contributed by atoms with Crippen LogP contribution >= 0.6 is 23.2 Å². The van der Waals surface area contributed by atoms with Gasteiger partial charge in [-0.2, -0.15) is 0 Å². The number of nitrogens with one attached hydrogen (secondary N) is 2. The van der Waals surface area contributed by atoms with Crippen LogP contribution in [0, 0.1) is 5.92 Å². The standard InChI is InChI=1S/C23H33BCl2N4O7/c1-14(2)9-18(28-19(31)12-27-23(35)16-10-15(25)7-8-17(16)26)24(36-13-21(33)30(5)6)37-22(34)11-20(32)29(3)4/h7-8,10,14,18H,9,11-13H2,1-6H3,(H,27,35)(H,28,31)/t18-/m0/s1. The summed E-state index contributed by atoms with van der Waals surface area (Å²) in [6, 6.07) is 4.36. The Labute approximate surface area is 227 Å². The van der Waals surface area contributed by atoms with Crippen molar-refractivity contribution in [3.05, 3.63) is 33.8 Å². The summed E-state index contributed by atoms with van der Waals surface area (Å²) in [6.07, 6.45) is -0.247. The van der Waals surface area contributed by atoms with Crippen LogP contribution < -0.4 is 10.6 Å². The molecular formula is C23H33BCl2N4O7. The van der Waals surface area contributed by atoms with Gasteiger partial charge in [-0.15, -0.1) is 0 Å². The summed E-state index contributed by atoms with van der Waals surface area (Å²) in [5, 5.41) is 5.60. The molecule has 1 aromatic rings. The summed E-state index contributed by atoms with van der Waals surface area (Å²) in [6.45, 7) is 2.90. The quantitative estimate of drug-likeness (QED) is 0.276. The lowest BCUT2D eigenvalue weighted by Crippen LogP contribution is -2.53. The van der Waals surface area contributed by atoms with E-state index in [0.29, 0.717) is 11.4 Å². The number of carbonyl (C=O) groups excluding carboxylic acids is 5. The molecule has 4 amide bonds. The number of rotatable bonds is 13. The Bertz CT molecular complexity index is 992. The summed E-state index contributed by atoms with van der Waals surface area (Å²) < 4.78 is 10.9. The zero-order chi connectivity index (χ0) is 28.3. The third-order valence-corrected chi connectivity index (χ3v) is 5.46. The van der Waals surface area contributed by atoms with Gasteiger partial charge in [0.05, 0.1) is 23.1 Å². The van der Waals surface area contributed by atoms with E-state index in [0.717, 1.165) is 0 Å². The lowest BCUT2D eigenvalue weighted by molar-refractivity contribution is -0.143. The first-order valence-corrected chi connectivity index (χ1v) is 12.2. The molecule has 14 heteroatoms. The smallest absolute Gasteiger partial charge is 0.508 e. The SMILES string of the molecule is CC(C)C[C@H](NC(=O)CNC(=O)c1cc(Cl)ccc1Cl)B(OCC(=O)N(C)C)OC(=O)CC(=O)N(C)C. The van der Waals surface area contributed by atoms with Gasteiger partial charge >= 0.3 is 7.12 Å². The van der Waals surface area contributed by atoms with Crippen molar-refractivity contribution in [2.24, 2.45) is 5.92 Å². The Kier molecular flexibility index (Phi) is 13.4. The molecule has 204 valence electrons. The van der Waals surface area contributed by atoms with Crippen LogP contribution in [0.4, 0.5) is 0 Å².